The van der Waals surface area contributed by atoms with Gasteiger partial charge in [-0.2, -0.15) is 0 Å². The van der Waals surface area contributed by atoms with Crippen molar-refractivity contribution >= 4 is 11.9 Å². The summed E-state index contributed by atoms with van der Waals surface area (Å²) in [5.74, 6) is 0.908. The molecule has 1 saturated heterocycles. The van der Waals surface area contributed by atoms with Gasteiger partial charge in [-0.25, -0.2) is 9.97 Å². The van der Waals surface area contributed by atoms with E-state index >= 15 is 0 Å². The Labute approximate surface area is 120 Å². The van der Waals surface area contributed by atoms with Crippen LogP contribution in [0.4, 0.5) is 5.95 Å². The summed E-state index contributed by atoms with van der Waals surface area (Å²) in [5, 5.41) is 0. The van der Waals surface area contributed by atoms with Gasteiger partial charge in [0.25, 0.3) is 0 Å². The van der Waals surface area contributed by atoms with Crippen LogP contribution in [0.5, 0.6) is 0 Å². The summed E-state index contributed by atoms with van der Waals surface area (Å²) in [7, 11) is 1.45. The quantitative estimate of drug-likeness (QED) is 0.793. The molecule has 20 heavy (non-hydrogen) atoms. The van der Waals surface area contributed by atoms with Crippen LogP contribution in [-0.4, -0.2) is 36.1 Å². The molecule has 0 aromatic carbocycles. The zero-order valence-corrected chi connectivity index (χ0v) is 12.7. The number of piperidine rings is 1. The van der Waals surface area contributed by atoms with Gasteiger partial charge in [-0.15, -0.1) is 0 Å². The molecule has 0 amide bonds. The van der Waals surface area contributed by atoms with Gasteiger partial charge in [0, 0.05) is 24.5 Å². The fraction of sp³-hybridized carbons (Fsp3) is 0.667. The molecular weight excluding hydrogens is 254 g/mol. The molecule has 2 heterocycles. The zero-order chi connectivity index (χ0) is 14.7. The molecule has 1 unspecified atom stereocenters. The maximum Gasteiger partial charge on any atom is 0.310 e. The van der Waals surface area contributed by atoms with Crippen LogP contribution >= 0.6 is 0 Å². The van der Waals surface area contributed by atoms with Crippen LogP contribution < -0.4 is 4.90 Å². The highest BCUT2D eigenvalue weighted by atomic mass is 16.5. The number of carbonyl (C=O) groups is 1. The lowest BCUT2D eigenvalue weighted by atomic mass is 9.98. The van der Waals surface area contributed by atoms with E-state index in [1.165, 1.54) is 7.11 Å². The summed E-state index contributed by atoms with van der Waals surface area (Å²) in [4.78, 5) is 23.0. The molecular formula is C15H23N3O2. The molecule has 5 heteroatoms. The van der Waals surface area contributed by atoms with Crippen molar-refractivity contribution in [2.24, 2.45) is 5.92 Å². The first-order valence-electron chi connectivity index (χ1n) is 7.19. The third kappa shape index (κ3) is 3.26. The van der Waals surface area contributed by atoms with E-state index in [1.54, 1.807) is 0 Å². The van der Waals surface area contributed by atoms with Crippen molar-refractivity contribution in [2.75, 3.05) is 25.1 Å². The van der Waals surface area contributed by atoms with Gasteiger partial charge in [-0.1, -0.05) is 13.8 Å². The first-order valence-corrected chi connectivity index (χ1v) is 7.19. The molecule has 0 spiro atoms. The van der Waals surface area contributed by atoms with E-state index in [1.807, 2.05) is 13.0 Å². The highest BCUT2D eigenvalue weighted by Gasteiger charge is 2.28. The summed E-state index contributed by atoms with van der Waals surface area (Å²) >= 11 is 0. The van der Waals surface area contributed by atoms with E-state index in [0.717, 1.165) is 36.7 Å². The number of hydrogen-bond acceptors (Lipinski definition) is 5. The van der Waals surface area contributed by atoms with E-state index in [4.69, 9.17) is 4.74 Å². The minimum absolute atomic E-state index is 0.0691. The second-order valence-electron chi connectivity index (χ2n) is 5.70. The molecule has 1 aromatic rings. The highest BCUT2D eigenvalue weighted by molar-refractivity contribution is 5.73. The molecule has 0 radical (unpaired) electrons. The van der Waals surface area contributed by atoms with E-state index in [-0.39, 0.29) is 11.9 Å². The number of nitrogens with zero attached hydrogens (tertiary/aromatic N) is 3. The second-order valence-corrected chi connectivity index (χ2v) is 5.70. The smallest absolute Gasteiger partial charge is 0.310 e. The average molecular weight is 277 g/mol. The maximum absolute atomic E-state index is 11.7. The van der Waals surface area contributed by atoms with Gasteiger partial charge in [0.05, 0.1) is 13.0 Å². The van der Waals surface area contributed by atoms with Crippen LogP contribution in [0.3, 0.4) is 0 Å². The standard InChI is InChI=1S/C15H23N3O2/c1-10(2)13-8-11(3)16-15(17-13)18-7-5-6-12(9-18)14(19)20-4/h8,10,12H,5-7,9H2,1-4H3. The molecule has 1 atom stereocenters. The molecule has 5 nitrogen and oxygen atoms in total. The fourth-order valence-corrected chi connectivity index (χ4v) is 2.53. The molecule has 0 saturated carbocycles. The summed E-state index contributed by atoms with van der Waals surface area (Å²) in [6.45, 7) is 7.78. The normalized spacial score (nSPS) is 19.2. The van der Waals surface area contributed by atoms with Gasteiger partial charge >= 0.3 is 5.97 Å². The lowest BCUT2D eigenvalue weighted by Crippen LogP contribution is -2.40. The van der Waals surface area contributed by atoms with Crippen LogP contribution in [-0.2, 0) is 9.53 Å². The van der Waals surface area contributed by atoms with Gasteiger partial charge in [-0.05, 0) is 31.7 Å². The molecule has 0 aliphatic carbocycles. The van der Waals surface area contributed by atoms with Gasteiger partial charge in [-0.3, -0.25) is 4.79 Å². The monoisotopic (exact) mass is 277 g/mol. The summed E-state index contributed by atoms with van der Waals surface area (Å²) in [6, 6.07) is 2.02. The van der Waals surface area contributed by atoms with Gasteiger partial charge < -0.3 is 9.64 Å². The Kier molecular flexibility index (Phi) is 4.57. The highest BCUT2D eigenvalue weighted by Crippen LogP contribution is 2.23. The summed E-state index contributed by atoms with van der Waals surface area (Å²) in [5.41, 5.74) is 2.02. The Morgan fingerprint density at radius 1 is 1.45 bits per heavy atom. The van der Waals surface area contributed by atoms with Gasteiger partial charge in [0.15, 0.2) is 0 Å². The Hall–Kier alpha value is -1.65. The number of ether oxygens (including phenoxy) is 1. The third-order valence-corrected chi connectivity index (χ3v) is 3.69. The van der Waals surface area contributed by atoms with E-state index in [0.29, 0.717) is 12.5 Å². The number of aryl methyl sites for hydroxylation is 1. The number of esters is 1. The van der Waals surface area contributed by atoms with Crippen molar-refractivity contribution in [3.05, 3.63) is 17.5 Å². The van der Waals surface area contributed by atoms with E-state index < -0.39 is 0 Å². The SMILES string of the molecule is COC(=O)C1CCCN(c2nc(C)cc(C(C)C)n2)C1. The van der Waals surface area contributed by atoms with Crippen molar-refractivity contribution in [3.63, 3.8) is 0 Å². The minimum atomic E-state index is -0.133. The molecule has 2 rings (SSSR count). The predicted molar refractivity (Wildman–Crippen MR) is 77.8 cm³/mol. The van der Waals surface area contributed by atoms with Crippen LogP contribution in [0.25, 0.3) is 0 Å². The first-order chi connectivity index (χ1) is 9.51. The van der Waals surface area contributed by atoms with Crippen LogP contribution in [0, 0.1) is 12.8 Å². The Bertz CT molecular complexity index is 488. The Morgan fingerprint density at radius 2 is 2.20 bits per heavy atom. The Morgan fingerprint density at radius 3 is 2.85 bits per heavy atom. The predicted octanol–water partition coefficient (Wildman–Crippen LogP) is 2.30. The van der Waals surface area contributed by atoms with Crippen molar-refractivity contribution in [1.82, 2.24) is 9.97 Å². The van der Waals surface area contributed by atoms with Crippen molar-refractivity contribution in [3.8, 4) is 0 Å². The van der Waals surface area contributed by atoms with Crippen LogP contribution in [0.2, 0.25) is 0 Å². The largest absolute Gasteiger partial charge is 0.469 e. The van der Waals surface area contributed by atoms with E-state index in [2.05, 4.69) is 28.7 Å². The Balaban J connectivity index is 2.20. The summed E-state index contributed by atoms with van der Waals surface area (Å²) < 4.78 is 4.85. The fourth-order valence-electron chi connectivity index (χ4n) is 2.53. The third-order valence-electron chi connectivity index (χ3n) is 3.69. The first kappa shape index (κ1) is 14.8. The van der Waals surface area contributed by atoms with Crippen molar-refractivity contribution in [2.45, 2.75) is 39.5 Å². The molecule has 1 aliphatic heterocycles. The molecule has 0 bridgehead atoms. The lowest BCUT2D eigenvalue weighted by Gasteiger charge is -2.31. The zero-order valence-electron chi connectivity index (χ0n) is 12.7. The van der Waals surface area contributed by atoms with Crippen molar-refractivity contribution < 1.29 is 9.53 Å². The molecule has 110 valence electrons. The number of carbonyl (C=O) groups excluding carboxylic acids is 1. The van der Waals surface area contributed by atoms with Gasteiger partial charge in [0.2, 0.25) is 5.95 Å². The number of anilines is 1. The number of rotatable bonds is 3. The lowest BCUT2D eigenvalue weighted by molar-refractivity contribution is -0.145. The summed E-state index contributed by atoms with van der Waals surface area (Å²) in [6.07, 6.45) is 1.85. The number of aromatic nitrogens is 2. The van der Waals surface area contributed by atoms with E-state index in [9.17, 15) is 4.79 Å². The maximum atomic E-state index is 11.7. The molecule has 1 aromatic heterocycles. The number of hydrogen-bond donors (Lipinski definition) is 0. The molecule has 1 aliphatic rings. The van der Waals surface area contributed by atoms with Crippen LogP contribution in [0.1, 0.15) is 44.0 Å². The molecule has 1 fully saturated rings. The second kappa shape index (κ2) is 6.20. The minimum Gasteiger partial charge on any atom is -0.469 e. The number of methoxy groups -OCH3 is 1. The topological polar surface area (TPSA) is 55.3 Å². The van der Waals surface area contributed by atoms with Crippen molar-refractivity contribution in [1.29, 1.82) is 0 Å². The van der Waals surface area contributed by atoms with Gasteiger partial charge in [0.1, 0.15) is 0 Å². The average Bonchev–Trinajstić information content (AvgIpc) is 2.45. The molecule has 0 N–H and O–H groups in total. The van der Waals surface area contributed by atoms with Crippen LogP contribution in [0.15, 0.2) is 6.07 Å².